The predicted octanol–water partition coefficient (Wildman–Crippen LogP) is 3.46. The fourth-order valence-corrected chi connectivity index (χ4v) is 5.49. The maximum absolute atomic E-state index is 13.3. The molecule has 8 heteroatoms. The number of para-hydroxylation sites is 1. The van der Waals surface area contributed by atoms with E-state index < -0.39 is 24.6 Å². The molecule has 31 heavy (non-hydrogen) atoms. The molecule has 2 N–H and O–H groups in total. The summed E-state index contributed by atoms with van der Waals surface area (Å²) in [5.41, 5.74) is 0.596. The molecule has 1 unspecified atom stereocenters. The number of ether oxygens (including phenoxy) is 1. The van der Waals surface area contributed by atoms with Crippen LogP contribution in [-0.4, -0.2) is 53.9 Å². The Kier molecular flexibility index (Phi) is 8.78. The number of carbonyl (C=O) groups is 3. The molecule has 2 aliphatic rings. The van der Waals surface area contributed by atoms with Gasteiger partial charge in [0.05, 0.1) is 18.3 Å². The van der Waals surface area contributed by atoms with Crippen LogP contribution in [0.15, 0.2) is 29.2 Å². The van der Waals surface area contributed by atoms with Crippen LogP contribution in [0.3, 0.4) is 0 Å². The zero-order valence-electron chi connectivity index (χ0n) is 18.0. The van der Waals surface area contributed by atoms with Gasteiger partial charge in [0, 0.05) is 10.6 Å². The molecule has 0 radical (unpaired) electrons. The number of nitrogens with zero attached hydrogens (tertiary/aromatic N) is 1. The monoisotopic (exact) mass is 448 g/mol. The molecule has 0 spiro atoms. The van der Waals surface area contributed by atoms with E-state index in [0.29, 0.717) is 23.8 Å². The molecule has 1 aliphatic carbocycles. The summed E-state index contributed by atoms with van der Waals surface area (Å²) in [5.74, 6) is -0.715. The first-order valence-electron chi connectivity index (χ1n) is 11.2. The number of hydrogen-bond donors (Lipinski definition) is 2. The van der Waals surface area contributed by atoms with E-state index in [2.05, 4.69) is 5.32 Å². The SMILES string of the molecule is CCOC(=O)C(CCC1CCCCC1)N[C@H]1CSc2ccccc2N(CC(=O)O)C1=O. The molecule has 1 aromatic rings. The molecule has 1 saturated carbocycles. The van der Waals surface area contributed by atoms with Crippen LogP contribution >= 0.6 is 11.8 Å². The second-order valence-corrected chi connectivity index (χ2v) is 9.26. The summed E-state index contributed by atoms with van der Waals surface area (Å²) < 4.78 is 5.28. The summed E-state index contributed by atoms with van der Waals surface area (Å²) >= 11 is 1.50. The van der Waals surface area contributed by atoms with Crippen molar-refractivity contribution in [1.29, 1.82) is 0 Å². The Balaban J connectivity index is 1.74. The number of carboxylic acid groups (broad SMARTS) is 1. The third-order valence-electron chi connectivity index (χ3n) is 5.98. The first-order valence-corrected chi connectivity index (χ1v) is 12.2. The van der Waals surface area contributed by atoms with E-state index in [4.69, 9.17) is 4.74 Å². The highest BCUT2D eigenvalue weighted by Crippen LogP contribution is 2.34. The smallest absolute Gasteiger partial charge is 0.323 e. The summed E-state index contributed by atoms with van der Waals surface area (Å²) in [4.78, 5) is 39.6. The molecular formula is C23H32N2O5S. The molecular weight excluding hydrogens is 416 g/mol. The van der Waals surface area contributed by atoms with E-state index >= 15 is 0 Å². The number of benzene rings is 1. The van der Waals surface area contributed by atoms with Crippen LogP contribution in [0, 0.1) is 5.92 Å². The van der Waals surface area contributed by atoms with Gasteiger partial charge in [0.15, 0.2) is 0 Å². The maximum Gasteiger partial charge on any atom is 0.323 e. The van der Waals surface area contributed by atoms with Gasteiger partial charge in [0.25, 0.3) is 0 Å². The van der Waals surface area contributed by atoms with Crippen LogP contribution in [-0.2, 0) is 19.1 Å². The third-order valence-corrected chi connectivity index (χ3v) is 7.14. The lowest BCUT2D eigenvalue weighted by atomic mass is 9.85. The number of aliphatic carboxylic acids is 1. The van der Waals surface area contributed by atoms with E-state index in [1.807, 2.05) is 12.1 Å². The number of esters is 1. The molecule has 3 rings (SSSR count). The van der Waals surface area contributed by atoms with E-state index in [1.54, 1.807) is 19.1 Å². The number of rotatable bonds is 9. The summed E-state index contributed by atoms with van der Waals surface area (Å²) in [6.45, 7) is 1.64. The van der Waals surface area contributed by atoms with E-state index in [-0.39, 0.29) is 18.5 Å². The molecule has 0 aromatic heterocycles. The van der Waals surface area contributed by atoms with Crippen LogP contribution in [0.2, 0.25) is 0 Å². The normalized spacial score (nSPS) is 20.6. The number of amides is 1. The van der Waals surface area contributed by atoms with E-state index in [0.717, 1.165) is 11.3 Å². The number of hydrogen-bond acceptors (Lipinski definition) is 6. The van der Waals surface area contributed by atoms with Crippen molar-refractivity contribution in [2.24, 2.45) is 5.92 Å². The van der Waals surface area contributed by atoms with Crippen molar-refractivity contribution in [2.75, 3.05) is 23.8 Å². The molecule has 1 aliphatic heterocycles. The minimum Gasteiger partial charge on any atom is -0.480 e. The number of anilines is 1. The minimum atomic E-state index is -1.08. The van der Waals surface area contributed by atoms with Crippen molar-refractivity contribution in [3.63, 3.8) is 0 Å². The molecule has 7 nitrogen and oxygen atoms in total. The average molecular weight is 449 g/mol. The van der Waals surface area contributed by atoms with Gasteiger partial charge in [-0.3, -0.25) is 24.6 Å². The van der Waals surface area contributed by atoms with Gasteiger partial charge in [-0.1, -0.05) is 44.2 Å². The lowest BCUT2D eigenvalue weighted by molar-refractivity contribution is -0.146. The Hall–Kier alpha value is -2.06. The summed E-state index contributed by atoms with van der Waals surface area (Å²) in [7, 11) is 0. The van der Waals surface area contributed by atoms with Crippen molar-refractivity contribution >= 4 is 35.3 Å². The Morgan fingerprint density at radius 2 is 2.00 bits per heavy atom. The van der Waals surface area contributed by atoms with Crippen molar-refractivity contribution in [3.05, 3.63) is 24.3 Å². The van der Waals surface area contributed by atoms with Gasteiger partial charge in [-0.25, -0.2) is 0 Å². The Bertz CT molecular complexity index is 781. The largest absolute Gasteiger partial charge is 0.480 e. The van der Waals surface area contributed by atoms with Crippen LogP contribution in [0.25, 0.3) is 0 Å². The van der Waals surface area contributed by atoms with Crippen molar-refractivity contribution in [1.82, 2.24) is 5.32 Å². The fourth-order valence-electron chi connectivity index (χ4n) is 4.40. The van der Waals surface area contributed by atoms with Crippen LogP contribution in [0.4, 0.5) is 5.69 Å². The average Bonchev–Trinajstić information content (AvgIpc) is 2.89. The molecule has 0 bridgehead atoms. The van der Waals surface area contributed by atoms with Gasteiger partial charge in [-0.15, -0.1) is 11.8 Å². The topological polar surface area (TPSA) is 95.9 Å². The number of thioether (sulfide) groups is 1. The van der Waals surface area contributed by atoms with Crippen molar-refractivity contribution in [3.8, 4) is 0 Å². The zero-order valence-corrected chi connectivity index (χ0v) is 18.9. The first kappa shape index (κ1) is 23.6. The van der Waals surface area contributed by atoms with Gasteiger partial charge >= 0.3 is 11.9 Å². The Morgan fingerprint density at radius 3 is 2.71 bits per heavy atom. The standard InChI is InChI=1S/C23H32N2O5S/c1-2-30-23(29)17(13-12-16-8-4-3-5-9-16)24-18-15-31-20-11-7-6-10-19(20)25(22(18)28)14-21(26)27/h6-7,10-11,16-18,24H,2-5,8-9,12-15H2,1H3,(H,26,27)/t17?,18-/m0/s1. The lowest BCUT2D eigenvalue weighted by Gasteiger charge is -2.28. The number of carbonyl (C=O) groups excluding carboxylic acids is 2. The summed E-state index contributed by atoms with van der Waals surface area (Å²) in [6.07, 6.45) is 7.67. The maximum atomic E-state index is 13.3. The highest BCUT2D eigenvalue weighted by Gasteiger charge is 2.35. The molecule has 1 aromatic carbocycles. The Morgan fingerprint density at radius 1 is 1.26 bits per heavy atom. The lowest BCUT2D eigenvalue weighted by Crippen LogP contribution is -2.54. The number of fused-ring (bicyclic) bond motifs is 1. The first-order chi connectivity index (χ1) is 15.0. The third kappa shape index (κ3) is 6.46. The molecule has 1 amide bonds. The predicted molar refractivity (Wildman–Crippen MR) is 120 cm³/mol. The van der Waals surface area contributed by atoms with Crippen LogP contribution in [0.1, 0.15) is 51.9 Å². The molecule has 2 atom stereocenters. The molecule has 170 valence electrons. The highest BCUT2D eigenvalue weighted by atomic mass is 32.2. The molecule has 0 saturated heterocycles. The van der Waals surface area contributed by atoms with Crippen molar-refractivity contribution in [2.45, 2.75) is 68.8 Å². The zero-order chi connectivity index (χ0) is 22.2. The van der Waals surface area contributed by atoms with Gasteiger partial charge in [-0.2, -0.15) is 0 Å². The van der Waals surface area contributed by atoms with Gasteiger partial charge in [-0.05, 0) is 37.8 Å². The van der Waals surface area contributed by atoms with Crippen LogP contribution in [0.5, 0.6) is 0 Å². The Labute approximate surface area is 187 Å². The highest BCUT2D eigenvalue weighted by molar-refractivity contribution is 7.99. The second kappa shape index (κ2) is 11.5. The van der Waals surface area contributed by atoms with E-state index in [1.165, 1.54) is 48.8 Å². The molecule has 1 heterocycles. The number of carboxylic acids is 1. The fraction of sp³-hybridized carbons (Fsp3) is 0.609. The van der Waals surface area contributed by atoms with Gasteiger partial charge in [0.2, 0.25) is 5.91 Å². The second-order valence-electron chi connectivity index (χ2n) is 8.20. The van der Waals surface area contributed by atoms with Gasteiger partial charge < -0.3 is 9.84 Å². The quantitative estimate of drug-likeness (QED) is 0.559. The summed E-state index contributed by atoms with van der Waals surface area (Å²) in [6, 6.07) is 6.06. The molecule has 1 fully saturated rings. The van der Waals surface area contributed by atoms with Gasteiger partial charge in [0.1, 0.15) is 12.6 Å². The van der Waals surface area contributed by atoms with Crippen LogP contribution < -0.4 is 10.2 Å². The van der Waals surface area contributed by atoms with E-state index in [9.17, 15) is 19.5 Å². The number of nitrogens with one attached hydrogen (secondary N) is 1. The minimum absolute atomic E-state index is 0.282. The summed E-state index contributed by atoms with van der Waals surface area (Å²) in [5, 5.41) is 12.6. The van der Waals surface area contributed by atoms with Crippen molar-refractivity contribution < 1.29 is 24.2 Å².